The number of anilines is 1. The zero-order chi connectivity index (χ0) is 18.2. The molecule has 1 N–H and O–H groups in total. The molecule has 0 spiro atoms. The highest BCUT2D eigenvalue weighted by Gasteiger charge is 2.34. The summed E-state index contributed by atoms with van der Waals surface area (Å²) in [6.07, 6.45) is 5.55. The van der Waals surface area contributed by atoms with Gasteiger partial charge >= 0.3 is 0 Å². The van der Waals surface area contributed by atoms with Gasteiger partial charge in [-0.2, -0.15) is 14.9 Å². The smallest absolute Gasteiger partial charge is 0.246 e. The van der Waals surface area contributed by atoms with E-state index in [4.69, 9.17) is 0 Å². The molecule has 0 saturated carbocycles. The number of carbonyl (C=O) groups excluding carboxylic acids is 1. The molecule has 1 amide bonds. The summed E-state index contributed by atoms with van der Waals surface area (Å²) >= 11 is 0. The van der Waals surface area contributed by atoms with E-state index >= 15 is 0 Å². The third kappa shape index (κ3) is 3.45. The van der Waals surface area contributed by atoms with Gasteiger partial charge in [-0.15, -0.1) is 0 Å². The van der Waals surface area contributed by atoms with Crippen LogP contribution in [0, 0.1) is 0 Å². The predicted octanol–water partition coefficient (Wildman–Crippen LogP) is 0.671. The van der Waals surface area contributed by atoms with Crippen LogP contribution in [0.15, 0.2) is 29.6 Å². The number of amides is 1. The molecule has 2 aromatic rings. The average molecular weight is 366 g/mol. The maximum atomic E-state index is 12.7. The number of sulfonamides is 1. The van der Waals surface area contributed by atoms with Gasteiger partial charge < -0.3 is 0 Å². The second-order valence-electron chi connectivity index (χ2n) is 6.37. The molecule has 1 fully saturated rings. The van der Waals surface area contributed by atoms with Gasteiger partial charge in [-0.25, -0.2) is 8.42 Å². The molecule has 0 aromatic carbocycles. The molecule has 0 radical (unpaired) electrons. The summed E-state index contributed by atoms with van der Waals surface area (Å²) in [5.74, 6) is 0.385. The van der Waals surface area contributed by atoms with Gasteiger partial charge in [0, 0.05) is 31.9 Å². The minimum Gasteiger partial charge on any atom is -0.296 e. The van der Waals surface area contributed by atoms with Crippen LogP contribution in [0.2, 0.25) is 0 Å². The number of aryl methyl sites for hydroxylation is 1. The minimum atomic E-state index is -3.81. The third-order valence-electron chi connectivity index (χ3n) is 4.22. The van der Waals surface area contributed by atoms with Crippen molar-refractivity contribution >= 4 is 21.7 Å². The molecule has 1 atom stereocenters. The maximum absolute atomic E-state index is 12.7. The fourth-order valence-electron chi connectivity index (χ4n) is 2.84. The van der Waals surface area contributed by atoms with E-state index in [0.29, 0.717) is 25.2 Å². The Morgan fingerprint density at radius 2 is 2.08 bits per heavy atom. The van der Waals surface area contributed by atoms with Gasteiger partial charge in [0.25, 0.3) is 0 Å². The van der Waals surface area contributed by atoms with E-state index in [1.165, 1.54) is 12.4 Å². The number of nitrogens with zero attached hydrogens (tertiary/aromatic N) is 5. The van der Waals surface area contributed by atoms with Gasteiger partial charge in [-0.05, 0) is 26.7 Å². The van der Waals surface area contributed by atoms with Crippen LogP contribution in [0.5, 0.6) is 0 Å². The van der Waals surface area contributed by atoms with Crippen LogP contribution in [0.1, 0.15) is 32.7 Å². The molecule has 0 aliphatic carbocycles. The molecule has 1 aliphatic heterocycles. The zero-order valence-electron chi connectivity index (χ0n) is 14.5. The Kier molecular flexibility index (Phi) is 4.65. The Hall–Kier alpha value is -2.20. The Morgan fingerprint density at radius 3 is 2.68 bits per heavy atom. The van der Waals surface area contributed by atoms with E-state index in [-0.39, 0.29) is 16.8 Å². The van der Waals surface area contributed by atoms with Gasteiger partial charge in [0.2, 0.25) is 15.9 Å². The molecule has 1 saturated heterocycles. The lowest BCUT2D eigenvalue weighted by Crippen LogP contribution is -2.52. The molecular formula is C15H22N6O3S. The molecule has 1 aliphatic rings. The fourth-order valence-corrected chi connectivity index (χ4v) is 4.00. The number of hydrogen-bond donors (Lipinski definition) is 1. The van der Waals surface area contributed by atoms with E-state index in [9.17, 15) is 13.2 Å². The average Bonchev–Trinajstić information content (AvgIpc) is 3.19. The number of aromatic nitrogens is 4. The number of rotatable bonds is 5. The number of hydrogen-bond acceptors (Lipinski definition) is 5. The Labute approximate surface area is 146 Å². The summed E-state index contributed by atoms with van der Waals surface area (Å²) in [6, 6.07) is 0.998. The van der Waals surface area contributed by atoms with E-state index in [2.05, 4.69) is 14.9 Å². The summed E-state index contributed by atoms with van der Waals surface area (Å²) in [4.78, 5) is 14.4. The Balaban J connectivity index is 1.79. The highest BCUT2D eigenvalue weighted by atomic mass is 32.2. The molecule has 3 heterocycles. The van der Waals surface area contributed by atoms with Crippen molar-refractivity contribution < 1.29 is 13.2 Å². The monoisotopic (exact) mass is 366 g/mol. The SMILES string of the molecule is CC(C)n1cc(S(=O)(=O)NC2CCCN(c3ccnn3C)C2=O)cn1. The van der Waals surface area contributed by atoms with Crippen molar-refractivity contribution in [3.05, 3.63) is 24.7 Å². The van der Waals surface area contributed by atoms with Crippen molar-refractivity contribution in [3.8, 4) is 0 Å². The van der Waals surface area contributed by atoms with Crippen molar-refractivity contribution in [2.45, 2.75) is 43.7 Å². The topological polar surface area (TPSA) is 102 Å². The molecular weight excluding hydrogens is 344 g/mol. The van der Waals surface area contributed by atoms with Crippen molar-refractivity contribution in [1.82, 2.24) is 24.3 Å². The first-order valence-electron chi connectivity index (χ1n) is 8.15. The first-order valence-corrected chi connectivity index (χ1v) is 9.64. The summed E-state index contributed by atoms with van der Waals surface area (Å²) in [5, 5.41) is 8.12. The van der Waals surface area contributed by atoms with Gasteiger partial charge in [-0.3, -0.25) is 19.1 Å². The lowest BCUT2D eigenvalue weighted by Gasteiger charge is -2.32. The largest absolute Gasteiger partial charge is 0.296 e. The number of piperidine rings is 1. The maximum Gasteiger partial charge on any atom is 0.246 e. The fraction of sp³-hybridized carbons (Fsp3) is 0.533. The van der Waals surface area contributed by atoms with Crippen molar-refractivity contribution in [2.75, 3.05) is 11.4 Å². The Morgan fingerprint density at radius 1 is 1.32 bits per heavy atom. The third-order valence-corrected chi connectivity index (χ3v) is 5.65. The number of carbonyl (C=O) groups is 1. The second-order valence-corrected chi connectivity index (χ2v) is 8.08. The van der Waals surface area contributed by atoms with Crippen LogP contribution in [0.25, 0.3) is 0 Å². The predicted molar refractivity (Wildman–Crippen MR) is 91.5 cm³/mol. The summed E-state index contributed by atoms with van der Waals surface area (Å²) in [5.41, 5.74) is 0. The lowest BCUT2D eigenvalue weighted by atomic mass is 10.1. The quantitative estimate of drug-likeness (QED) is 0.838. The first-order chi connectivity index (χ1) is 11.8. The molecule has 25 heavy (non-hydrogen) atoms. The van der Waals surface area contributed by atoms with Crippen LogP contribution in [-0.2, 0) is 21.9 Å². The molecule has 3 rings (SSSR count). The van der Waals surface area contributed by atoms with Gasteiger partial charge in [0.15, 0.2) is 0 Å². The molecule has 2 aromatic heterocycles. The summed E-state index contributed by atoms with van der Waals surface area (Å²) < 4.78 is 30.9. The second kappa shape index (κ2) is 6.60. The number of nitrogens with one attached hydrogen (secondary N) is 1. The zero-order valence-corrected chi connectivity index (χ0v) is 15.3. The van der Waals surface area contributed by atoms with Crippen LogP contribution < -0.4 is 9.62 Å². The van der Waals surface area contributed by atoms with Gasteiger partial charge in [0.1, 0.15) is 16.8 Å². The summed E-state index contributed by atoms with van der Waals surface area (Å²) in [6.45, 7) is 4.36. The molecule has 0 bridgehead atoms. The molecule has 9 nitrogen and oxygen atoms in total. The highest BCUT2D eigenvalue weighted by molar-refractivity contribution is 7.89. The standard InChI is InChI=1S/C15H22N6O3S/c1-11(2)21-10-12(9-17-21)25(23,24)18-13-5-4-8-20(15(13)22)14-6-7-16-19(14)3/h6-7,9-11,13,18H,4-5,8H2,1-3H3. The molecule has 1 unspecified atom stereocenters. The van der Waals surface area contributed by atoms with Crippen LogP contribution in [-0.4, -0.2) is 46.5 Å². The highest BCUT2D eigenvalue weighted by Crippen LogP contribution is 2.21. The van der Waals surface area contributed by atoms with E-state index in [1.54, 1.807) is 33.6 Å². The van der Waals surface area contributed by atoms with E-state index in [1.807, 2.05) is 13.8 Å². The van der Waals surface area contributed by atoms with E-state index < -0.39 is 16.1 Å². The van der Waals surface area contributed by atoms with Crippen molar-refractivity contribution in [1.29, 1.82) is 0 Å². The molecule has 136 valence electrons. The summed E-state index contributed by atoms with van der Waals surface area (Å²) in [7, 11) is -2.06. The van der Waals surface area contributed by atoms with Crippen molar-refractivity contribution in [2.24, 2.45) is 7.05 Å². The van der Waals surface area contributed by atoms with Gasteiger partial charge in [0.05, 0.1) is 12.4 Å². The lowest BCUT2D eigenvalue weighted by molar-refractivity contribution is -0.121. The molecule has 10 heteroatoms. The normalized spacial score (nSPS) is 19.0. The van der Waals surface area contributed by atoms with Crippen LogP contribution in [0.3, 0.4) is 0 Å². The van der Waals surface area contributed by atoms with Crippen LogP contribution >= 0.6 is 0 Å². The van der Waals surface area contributed by atoms with Crippen molar-refractivity contribution in [3.63, 3.8) is 0 Å². The van der Waals surface area contributed by atoms with Gasteiger partial charge in [-0.1, -0.05) is 0 Å². The Bertz CT molecular complexity index is 869. The first kappa shape index (κ1) is 17.6. The van der Waals surface area contributed by atoms with Crippen LogP contribution in [0.4, 0.5) is 5.82 Å². The van der Waals surface area contributed by atoms with E-state index in [0.717, 1.165) is 0 Å². The minimum absolute atomic E-state index is 0.0561.